The van der Waals surface area contributed by atoms with E-state index in [1.165, 1.54) is 59.7 Å². The van der Waals surface area contributed by atoms with Crippen LogP contribution in [-0.2, 0) is 75.5 Å². The Balaban J connectivity index is 0.000000217. The Kier molecular flexibility index (Phi) is 42.1. The van der Waals surface area contributed by atoms with Gasteiger partial charge in [0.15, 0.2) is 37.4 Å². The maximum absolute atomic E-state index is 12.8. The molecule has 3 N–H and O–H groups in total. The fourth-order valence-electron chi connectivity index (χ4n) is 13.6. The van der Waals surface area contributed by atoms with Crippen LogP contribution in [0.1, 0.15) is 234 Å². The predicted octanol–water partition coefficient (Wildman–Crippen LogP) is 10.0. The van der Waals surface area contributed by atoms with E-state index < -0.39 is 60.0 Å². The van der Waals surface area contributed by atoms with Crippen LogP contribution in [0.5, 0.6) is 0 Å². The Hall–Kier alpha value is -9.96. The van der Waals surface area contributed by atoms with Gasteiger partial charge in [-0.1, -0.05) is 118 Å². The molecule has 0 saturated carbocycles. The van der Waals surface area contributed by atoms with Gasteiger partial charge in [-0.15, -0.1) is 0 Å². The van der Waals surface area contributed by atoms with E-state index in [4.69, 9.17) is 56.8 Å². The van der Waals surface area contributed by atoms with Crippen LogP contribution < -0.4 is 67.5 Å². The highest BCUT2D eigenvalue weighted by Gasteiger charge is 2.32. The first-order chi connectivity index (χ1) is 62.1. The van der Waals surface area contributed by atoms with Gasteiger partial charge in [-0.05, 0) is 177 Å². The number of nitrogens with one attached hydrogen (secondary N) is 3. The van der Waals surface area contributed by atoms with Gasteiger partial charge in [-0.2, -0.15) is 0 Å². The normalized spacial score (nSPS) is 21.2. The third kappa shape index (κ3) is 33.3. The standard InChI is InChI=1S/3C18H28N2O4.3C14H20N2O4/c1-12-10-19(16(22)20(15(12)21)17(2,3)4)14-9-8-13(24-14)11-23-18(5,6)7;1-12(2)8-20-17(21)14(5)9-19(18(20)22)16-7-6-15(24-16)11-23-10-13(3)4;1-4-6-10-19-17(21)14(3)12-20(18(19)22)16-9-8-15(24-16)13-23-11-7-5-2;1-9-7-16(13(18)15-12(9)17)11-6-5-10(20-11)8-19-14(2,3)4;1-9(2)7-19-8-11-4-5-12(20-11)16-6-10(3)13(17)15-14(16)18;1-3-4-7-19-9-11-5-6-12(20-11)16-8-10(2)13(17)15-14(16)18/h8-10,13-14H,11H2,1-7H3;6-7,9,12-13,15-16H,8,10-11H2,1-5H3;8-9,12,15-16H,4-7,10-11,13H2,1-3H3;5-7,10-11H,8H2,1-4H3,(H,15,17,18);4-6,9,11-12H,7-8H2,1-3H3,(H,15,17,18);5-6,8,11-12H,3-4,7,9H2,1-2H3,(H,15,17,18)/t13-,14+;2*15-,16+;10-,11+;2*11-,12+/m000000/s1. The number of aryl methyl sites for hydroxylation is 6. The van der Waals surface area contributed by atoms with Crippen molar-refractivity contribution in [2.45, 2.75) is 309 Å². The number of aromatic amines is 3. The molecule has 6 aromatic rings. The van der Waals surface area contributed by atoms with Crippen molar-refractivity contribution in [1.82, 2.24) is 56.1 Å². The van der Waals surface area contributed by atoms with E-state index in [9.17, 15) is 57.5 Å². The number of rotatable bonds is 33. The van der Waals surface area contributed by atoms with E-state index >= 15 is 0 Å². The summed E-state index contributed by atoms with van der Waals surface area (Å²) in [5.41, 5.74) is -2.35. The SMILES string of the molecule is CCCCOC[C@@H]1C=C[C@H](n2cc(C)c(=O)[nH]c2=O)O1.CCCCOC[C@@H]1C=C[C@H](n2cc(C)c(=O)n(CCCC)c2=O)O1.Cc1cn([C@H]2C=C[C@@H](COC(C)(C)C)O2)c(=O)[nH]c1=O.Cc1cn([C@H]2C=C[C@@H](COC(C)(C)C)O2)c(=O)n(C(C)(C)C)c1=O.Cc1cn([C@H]2C=C[C@@H](COCC(C)C)O2)c(=O)[nH]c1=O.Cc1cn([C@H]2C=C[C@@H](COCC(C)C)O2)c(=O)n(CC(C)C)c1=O. The zero-order chi connectivity index (χ0) is 97.8. The lowest BCUT2D eigenvalue weighted by Crippen LogP contribution is -2.49. The average Bonchev–Trinajstić information content (AvgIpc) is 1.37. The molecule has 0 spiro atoms. The Morgan fingerprint density at radius 1 is 0.326 bits per heavy atom. The molecule has 0 radical (unpaired) electrons. The highest BCUT2D eigenvalue weighted by molar-refractivity contribution is 5.14. The summed E-state index contributed by atoms with van der Waals surface area (Å²) in [5.74, 6) is 1.15. The van der Waals surface area contributed by atoms with Crippen LogP contribution >= 0.6 is 0 Å². The van der Waals surface area contributed by atoms with Gasteiger partial charge >= 0.3 is 34.1 Å². The molecule has 0 saturated heterocycles. The topological polar surface area (TPSA) is 407 Å². The first-order valence-corrected chi connectivity index (χ1v) is 45.7. The molecule has 0 aliphatic carbocycles. The van der Waals surface area contributed by atoms with Gasteiger partial charge in [0.2, 0.25) is 0 Å². The summed E-state index contributed by atoms with van der Waals surface area (Å²) in [4.78, 5) is 151. The minimum atomic E-state index is -0.598. The lowest BCUT2D eigenvalue weighted by atomic mass is 10.1. The van der Waals surface area contributed by atoms with Gasteiger partial charge in [0.25, 0.3) is 33.4 Å². The van der Waals surface area contributed by atoms with Crippen molar-refractivity contribution in [3.63, 3.8) is 0 Å². The molecule has 6 aliphatic rings. The molecule has 12 rings (SSSR count). The van der Waals surface area contributed by atoms with Crippen molar-refractivity contribution in [2.75, 3.05) is 66.1 Å². The molecule has 6 aliphatic heterocycles. The van der Waals surface area contributed by atoms with E-state index in [2.05, 4.69) is 56.5 Å². The van der Waals surface area contributed by atoms with Crippen LogP contribution in [0.3, 0.4) is 0 Å². The first kappa shape index (κ1) is 109. The van der Waals surface area contributed by atoms with Crippen LogP contribution in [0, 0.1) is 59.3 Å². The summed E-state index contributed by atoms with van der Waals surface area (Å²) in [6.45, 7) is 52.4. The van der Waals surface area contributed by atoms with Crippen molar-refractivity contribution in [3.8, 4) is 0 Å². The molecule has 0 amide bonds. The predicted molar refractivity (Wildman–Crippen MR) is 504 cm³/mol. The monoisotopic (exact) mass is 1850 g/mol. The number of aromatic nitrogens is 12. The Labute approximate surface area is 770 Å². The summed E-state index contributed by atoms with van der Waals surface area (Å²) in [7, 11) is 0. The van der Waals surface area contributed by atoms with Gasteiger partial charge in [-0.3, -0.25) is 84.8 Å². The van der Waals surface area contributed by atoms with E-state index in [0.29, 0.717) is 118 Å². The maximum atomic E-state index is 12.8. The van der Waals surface area contributed by atoms with E-state index in [1.54, 1.807) is 78.4 Å². The van der Waals surface area contributed by atoms with Crippen LogP contribution in [0.2, 0.25) is 0 Å². The quantitative estimate of drug-likeness (QED) is 0.0255. The second kappa shape index (κ2) is 50.9. The zero-order valence-corrected chi connectivity index (χ0v) is 81.6. The lowest BCUT2D eigenvalue weighted by Gasteiger charge is -2.25. The third-order valence-corrected chi connectivity index (χ3v) is 20.6. The first-order valence-electron chi connectivity index (χ1n) is 45.7. The lowest BCUT2D eigenvalue weighted by molar-refractivity contribution is -0.0755. The van der Waals surface area contributed by atoms with Gasteiger partial charge in [0.05, 0.1) is 50.8 Å². The molecule has 0 aromatic carbocycles. The molecular formula is C96H144N12O24. The molecule has 732 valence electrons. The molecule has 0 unspecified atom stereocenters. The summed E-state index contributed by atoms with van der Waals surface area (Å²) in [6, 6.07) is 0. The van der Waals surface area contributed by atoms with Crippen LogP contribution in [0.4, 0.5) is 0 Å². The average molecular weight is 1850 g/mol. The van der Waals surface area contributed by atoms with Crippen molar-refractivity contribution in [3.05, 3.63) is 269 Å². The number of unbranched alkanes of at least 4 members (excludes halogenated alkanes) is 3. The number of nitrogens with zero attached hydrogens (tertiary/aromatic N) is 9. The fraction of sp³-hybridized carbons (Fsp3) is 0.625. The van der Waals surface area contributed by atoms with E-state index in [1.807, 2.05) is 138 Å². The summed E-state index contributed by atoms with van der Waals surface area (Å²) in [5, 5.41) is 0. The molecule has 12 atom stereocenters. The zero-order valence-electron chi connectivity index (χ0n) is 81.6. The van der Waals surface area contributed by atoms with Gasteiger partial charge in [0, 0.05) is 116 Å². The number of hydrogen-bond acceptors (Lipinski definition) is 24. The Morgan fingerprint density at radius 2 is 0.598 bits per heavy atom. The van der Waals surface area contributed by atoms with E-state index in [0.717, 1.165) is 45.1 Å². The molecule has 36 nitrogen and oxygen atoms in total. The van der Waals surface area contributed by atoms with E-state index in [-0.39, 0.29) is 104 Å². The largest absolute Gasteiger partial charge is 0.378 e. The summed E-state index contributed by atoms with van der Waals surface area (Å²) >= 11 is 0. The molecule has 0 bridgehead atoms. The van der Waals surface area contributed by atoms with Crippen molar-refractivity contribution < 1.29 is 56.8 Å². The highest BCUT2D eigenvalue weighted by atomic mass is 16.6. The number of ether oxygens (including phenoxy) is 12. The summed E-state index contributed by atoms with van der Waals surface area (Å²) < 4.78 is 80.8. The van der Waals surface area contributed by atoms with Crippen molar-refractivity contribution in [1.29, 1.82) is 0 Å². The van der Waals surface area contributed by atoms with Crippen LogP contribution in [0.25, 0.3) is 0 Å². The number of hydrogen-bond donors (Lipinski definition) is 3. The van der Waals surface area contributed by atoms with Crippen LogP contribution in [-0.4, -0.2) is 170 Å². The molecule has 12 heterocycles. The van der Waals surface area contributed by atoms with Gasteiger partial charge in [-0.25, -0.2) is 28.8 Å². The van der Waals surface area contributed by atoms with Crippen molar-refractivity contribution >= 4 is 0 Å². The Bertz CT molecular complexity index is 5720. The van der Waals surface area contributed by atoms with Gasteiger partial charge < -0.3 is 56.8 Å². The fourth-order valence-corrected chi connectivity index (χ4v) is 13.6. The van der Waals surface area contributed by atoms with Gasteiger partial charge in [0.1, 0.15) is 36.6 Å². The molecular weight excluding hydrogens is 1710 g/mol. The minimum Gasteiger partial charge on any atom is -0.378 e. The van der Waals surface area contributed by atoms with Crippen molar-refractivity contribution in [2.24, 2.45) is 17.8 Å². The molecule has 36 heteroatoms. The second-order valence-electron chi connectivity index (χ2n) is 37.6. The van der Waals surface area contributed by atoms with Crippen LogP contribution in [0.15, 0.2) is 168 Å². The smallest absolute Gasteiger partial charge is 0.333 e. The molecule has 132 heavy (non-hydrogen) atoms. The Morgan fingerprint density at radius 3 is 0.894 bits per heavy atom. The second-order valence-corrected chi connectivity index (χ2v) is 37.6. The maximum Gasteiger partial charge on any atom is 0.333 e. The third-order valence-electron chi connectivity index (χ3n) is 20.6. The summed E-state index contributed by atoms with van der Waals surface area (Å²) in [6.07, 6.45) is 33.4. The molecule has 0 fully saturated rings. The molecule has 6 aromatic heterocycles. The highest BCUT2D eigenvalue weighted by Crippen LogP contribution is 2.27. The minimum absolute atomic E-state index is 0.156. The number of H-pyrrole nitrogens is 3.